The van der Waals surface area contributed by atoms with Crippen LogP contribution in [0.15, 0.2) is 24.5 Å². The molecule has 0 radical (unpaired) electrons. The monoisotopic (exact) mass is 209 g/mol. The Morgan fingerprint density at radius 1 is 1.67 bits per heavy atom. The van der Waals surface area contributed by atoms with Gasteiger partial charge in [0.1, 0.15) is 12.0 Å². The molecule has 0 saturated carbocycles. The number of pyridine rings is 1. The smallest absolute Gasteiger partial charge is 0.152 e. The van der Waals surface area contributed by atoms with E-state index in [1.807, 2.05) is 0 Å². The quantitative estimate of drug-likeness (QED) is 0.562. The second-order valence-electron chi connectivity index (χ2n) is 3.09. The Morgan fingerprint density at radius 2 is 2.40 bits per heavy atom. The Labute approximate surface area is 87.6 Å². The van der Waals surface area contributed by atoms with Crippen LogP contribution in [0, 0.1) is 11.7 Å². The van der Waals surface area contributed by atoms with Gasteiger partial charge in [0, 0.05) is 12.1 Å². The van der Waals surface area contributed by atoms with E-state index >= 15 is 0 Å². The third kappa shape index (κ3) is 2.87. The number of hydrogen-bond donors (Lipinski definition) is 0. The van der Waals surface area contributed by atoms with Gasteiger partial charge in [-0.3, -0.25) is 4.98 Å². The fraction of sp³-hybridized carbons (Fsp3) is 0.273. The number of aldehydes is 1. The lowest BCUT2D eigenvalue weighted by Crippen LogP contribution is -1.97. The molecule has 0 fully saturated rings. The summed E-state index contributed by atoms with van der Waals surface area (Å²) in [7, 11) is 1.43. The maximum Gasteiger partial charge on any atom is 0.152 e. The van der Waals surface area contributed by atoms with E-state index < -0.39 is 5.82 Å². The molecule has 0 amide bonds. The molecule has 0 aliphatic carbocycles. The lowest BCUT2D eigenvalue weighted by atomic mass is 10.1. The Kier molecular flexibility index (Phi) is 3.97. The molecule has 1 heterocycles. The molecule has 1 unspecified atom stereocenters. The standard InChI is InChI=1S/C11H12FNO2/c1-8(7-14)5-11(15-2)9-3-4-13-6-10(9)12/h3-8H,1-2H3/b11-5-. The summed E-state index contributed by atoms with van der Waals surface area (Å²) in [5.41, 5.74) is 0.307. The van der Waals surface area contributed by atoms with Gasteiger partial charge in [-0.2, -0.15) is 0 Å². The van der Waals surface area contributed by atoms with Crippen molar-refractivity contribution in [3.05, 3.63) is 35.9 Å². The van der Waals surface area contributed by atoms with E-state index in [9.17, 15) is 9.18 Å². The molecular formula is C11H12FNO2. The number of halogens is 1. The molecule has 1 aromatic rings. The summed E-state index contributed by atoms with van der Waals surface area (Å²) in [6, 6.07) is 1.50. The van der Waals surface area contributed by atoms with E-state index in [1.54, 1.807) is 13.0 Å². The van der Waals surface area contributed by atoms with Gasteiger partial charge in [-0.25, -0.2) is 4.39 Å². The second-order valence-corrected chi connectivity index (χ2v) is 3.09. The molecule has 0 aliphatic heterocycles. The molecule has 0 aliphatic rings. The van der Waals surface area contributed by atoms with Crippen LogP contribution in [-0.2, 0) is 9.53 Å². The first kappa shape index (κ1) is 11.4. The number of ether oxygens (including phenoxy) is 1. The molecule has 80 valence electrons. The van der Waals surface area contributed by atoms with E-state index in [4.69, 9.17) is 4.74 Å². The van der Waals surface area contributed by atoms with Crippen molar-refractivity contribution >= 4 is 12.0 Å². The highest BCUT2D eigenvalue weighted by atomic mass is 19.1. The number of carbonyl (C=O) groups excluding carboxylic acids is 1. The molecule has 3 nitrogen and oxygen atoms in total. The largest absolute Gasteiger partial charge is 0.496 e. The molecule has 1 atom stereocenters. The van der Waals surface area contributed by atoms with Crippen molar-refractivity contribution in [1.82, 2.24) is 4.98 Å². The number of nitrogens with zero attached hydrogens (tertiary/aromatic N) is 1. The molecule has 1 rings (SSSR count). The maximum absolute atomic E-state index is 13.3. The highest BCUT2D eigenvalue weighted by Crippen LogP contribution is 2.19. The van der Waals surface area contributed by atoms with Crippen molar-refractivity contribution in [3.8, 4) is 0 Å². The minimum Gasteiger partial charge on any atom is -0.496 e. The SMILES string of the molecule is CO/C(=C\C(C)C=O)c1ccncc1F. The van der Waals surface area contributed by atoms with Crippen LogP contribution in [0.4, 0.5) is 4.39 Å². The van der Waals surface area contributed by atoms with Crippen molar-refractivity contribution in [2.45, 2.75) is 6.92 Å². The number of carbonyl (C=O) groups is 1. The minimum atomic E-state index is -0.469. The summed E-state index contributed by atoms with van der Waals surface area (Å²) < 4.78 is 18.3. The van der Waals surface area contributed by atoms with Gasteiger partial charge in [0.2, 0.25) is 0 Å². The summed E-state index contributed by atoms with van der Waals surface area (Å²) in [5, 5.41) is 0. The van der Waals surface area contributed by atoms with Crippen LogP contribution in [0.25, 0.3) is 5.76 Å². The van der Waals surface area contributed by atoms with Crippen LogP contribution in [0.1, 0.15) is 12.5 Å². The van der Waals surface area contributed by atoms with Crippen LogP contribution in [0.3, 0.4) is 0 Å². The Hall–Kier alpha value is -1.71. The topological polar surface area (TPSA) is 39.2 Å². The van der Waals surface area contributed by atoms with Crippen molar-refractivity contribution in [1.29, 1.82) is 0 Å². The van der Waals surface area contributed by atoms with E-state index in [0.717, 1.165) is 12.5 Å². The van der Waals surface area contributed by atoms with Crippen LogP contribution >= 0.6 is 0 Å². The molecular weight excluding hydrogens is 197 g/mol. The van der Waals surface area contributed by atoms with Gasteiger partial charge in [-0.1, -0.05) is 6.92 Å². The van der Waals surface area contributed by atoms with Crippen LogP contribution < -0.4 is 0 Å². The van der Waals surface area contributed by atoms with Crippen LogP contribution in [-0.4, -0.2) is 18.4 Å². The average molecular weight is 209 g/mol. The normalized spacial score (nSPS) is 13.4. The average Bonchev–Trinajstić information content (AvgIpc) is 2.26. The molecule has 0 N–H and O–H groups in total. The van der Waals surface area contributed by atoms with Gasteiger partial charge in [0.15, 0.2) is 5.82 Å². The molecule has 0 aromatic carbocycles. The van der Waals surface area contributed by atoms with E-state index in [1.165, 1.54) is 19.4 Å². The maximum atomic E-state index is 13.3. The first-order valence-electron chi connectivity index (χ1n) is 4.50. The van der Waals surface area contributed by atoms with Crippen molar-refractivity contribution in [2.24, 2.45) is 5.92 Å². The van der Waals surface area contributed by atoms with Gasteiger partial charge in [-0.05, 0) is 12.1 Å². The van der Waals surface area contributed by atoms with Crippen molar-refractivity contribution < 1.29 is 13.9 Å². The Morgan fingerprint density at radius 3 is 2.93 bits per heavy atom. The zero-order valence-corrected chi connectivity index (χ0v) is 8.61. The number of aromatic nitrogens is 1. The summed E-state index contributed by atoms with van der Waals surface area (Å²) in [6.45, 7) is 1.70. The van der Waals surface area contributed by atoms with Gasteiger partial charge in [0.05, 0.1) is 18.9 Å². The minimum absolute atomic E-state index is 0.307. The van der Waals surface area contributed by atoms with Crippen molar-refractivity contribution in [3.63, 3.8) is 0 Å². The van der Waals surface area contributed by atoms with Gasteiger partial charge in [-0.15, -0.1) is 0 Å². The van der Waals surface area contributed by atoms with E-state index in [-0.39, 0.29) is 5.92 Å². The summed E-state index contributed by atoms with van der Waals surface area (Å²) in [6.07, 6.45) is 4.90. The zero-order chi connectivity index (χ0) is 11.3. The zero-order valence-electron chi connectivity index (χ0n) is 8.61. The highest BCUT2D eigenvalue weighted by Gasteiger charge is 2.09. The van der Waals surface area contributed by atoms with Gasteiger partial charge >= 0.3 is 0 Å². The fourth-order valence-corrected chi connectivity index (χ4v) is 1.12. The Balaban J connectivity index is 3.07. The second kappa shape index (κ2) is 5.24. The molecule has 1 aromatic heterocycles. The van der Waals surface area contributed by atoms with Crippen LogP contribution in [0.5, 0.6) is 0 Å². The predicted molar refractivity (Wildman–Crippen MR) is 54.4 cm³/mol. The number of hydrogen-bond acceptors (Lipinski definition) is 3. The summed E-state index contributed by atoms with van der Waals surface area (Å²) >= 11 is 0. The van der Waals surface area contributed by atoms with Gasteiger partial charge in [0.25, 0.3) is 0 Å². The predicted octanol–water partition coefficient (Wildman–Crippen LogP) is 2.04. The molecule has 0 spiro atoms. The van der Waals surface area contributed by atoms with E-state index in [2.05, 4.69) is 4.98 Å². The first-order chi connectivity index (χ1) is 7.19. The third-order valence-electron chi connectivity index (χ3n) is 1.89. The summed E-state index contributed by atoms with van der Waals surface area (Å²) in [4.78, 5) is 14.1. The number of rotatable bonds is 4. The molecule has 15 heavy (non-hydrogen) atoms. The van der Waals surface area contributed by atoms with E-state index in [0.29, 0.717) is 11.3 Å². The molecule has 0 bridgehead atoms. The first-order valence-corrected chi connectivity index (χ1v) is 4.50. The third-order valence-corrected chi connectivity index (χ3v) is 1.89. The van der Waals surface area contributed by atoms with Crippen molar-refractivity contribution in [2.75, 3.05) is 7.11 Å². The number of allylic oxidation sites excluding steroid dienone is 1. The van der Waals surface area contributed by atoms with Gasteiger partial charge < -0.3 is 9.53 Å². The lowest BCUT2D eigenvalue weighted by molar-refractivity contribution is -0.109. The molecule has 0 saturated heterocycles. The lowest BCUT2D eigenvalue weighted by Gasteiger charge is -2.07. The Bertz CT molecular complexity index is 377. The molecule has 4 heteroatoms. The fourth-order valence-electron chi connectivity index (χ4n) is 1.12. The summed E-state index contributed by atoms with van der Waals surface area (Å²) in [5.74, 6) is -0.439. The van der Waals surface area contributed by atoms with Crippen LogP contribution in [0.2, 0.25) is 0 Å². The highest BCUT2D eigenvalue weighted by molar-refractivity contribution is 5.66. The number of methoxy groups -OCH3 is 1.